The van der Waals surface area contributed by atoms with E-state index in [1.807, 2.05) is 18.2 Å². The third kappa shape index (κ3) is 4.01. The molecule has 0 aromatic heterocycles. The summed E-state index contributed by atoms with van der Waals surface area (Å²) in [4.78, 5) is 5.40. The Morgan fingerprint density at radius 2 is 2.15 bits per heavy atom. The molecule has 110 valence electrons. The van der Waals surface area contributed by atoms with Crippen molar-refractivity contribution >= 4 is 17.2 Å². The van der Waals surface area contributed by atoms with Crippen molar-refractivity contribution in [2.45, 2.75) is 24.8 Å². The van der Waals surface area contributed by atoms with E-state index in [9.17, 15) is 0 Å². The quantitative estimate of drug-likeness (QED) is 0.814. The maximum absolute atomic E-state index is 5.95. The number of nitrogens with two attached hydrogens (primary N) is 1. The van der Waals surface area contributed by atoms with Gasteiger partial charge in [0, 0.05) is 25.0 Å². The van der Waals surface area contributed by atoms with Gasteiger partial charge in [-0.15, -0.1) is 0 Å². The van der Waals surface area contributed by atoms with Crippen LogP contribution >= 0.6 is 12.2 Å². The molecule has 1 saturated heterocycles. The van der Waals surface area contributed by atoms with Crippen LogP contribution in [0.5, 0.6) is 0 Å². The molecule has 2 atom stereocenters. The standard InChI is InChI=1S/C16H25N3S/c1-18(11-14-9-6-10-19(14)2)12-15(16(17)20)13-7-4-3-5-8-13/h3-5,7-8,14-15H,6,9-12H2,1-2H3,(H2,17,20). The minimum atomic E-state index is 0.142. The first kappa shape index (κ1) is 15.4. The van der Waals surface area contributed by atoms with Gasteiger partial charge in [0.1, 0.15) is 0 Å². The number of hydrogen-bond acceptors (Lipinski definition) is 3. The Balaban J connectivity index is 1.96. The van der Waals surface area contributed by atoms with E-state index >= 15 is 0 Å². The summed E-state index contributed by atoms with van der Waals surface area (Å²) in [6.45, 7) is 3.20. The summed E-state index contributed by atoms with van der Waals surface area (Å²) in [6, 6.07) is 11.0. The minimum Gasteiger partial charge on any atom is -0.393 e. The zero-order valence-electron chi connectivity index (χ0n) is 12.5. The van der Waals surface area contributed by atoms with Gasteiger partial charge in [0.2, 0.25) is 0 Å². The molecule has 3 nitrogen and oxygen atoms in total. The maximum atomic E-state index is 5.95. The fraction of sp³-hybridized carbons (Fsp3) is 0.562. The van der Waals surface area contributed by atoms with E-state index in [0.717, 1.165) is 13.1 Å². The van der Waals surface area contributed by atoms with Gasteiger partial charge in [0.05, 0.1) is 4.99 Å². The second-order valence-electron chi connectivity index (χ2n) is 5.86. The molecular formula is C16H25N3S. The van der Waals surface area contributed by atoms with Crippen molar-refractivity contribution in [1.29, 1.82) is 0 Å². The summed E-state index contributed by atoms with van der Waals surface area (Å²) in [7, 11) is 4.38. The van der Waals surface area contributed by atoms with E-state index < -0.39 is 0 Å². The average molecular weight is 291 g/mol. The highest BCUT2D eigenvalue weighted by molar-refractivity contribution is 7.80. The molecule has 2 N–H and O–H groups in total. The van der Waals surface area contributed by atoms with Crippen LogP contribution in [-0.4, -0.2) is 54.6 Å². The molecule has 1 fully saturated rings. The predicted octanol–water partition coefficient (Wildman–Crippen LogP) is 2.08. The maximum Gasteiger partial charge on any atom is 0.0816 e. The molecule has 0 bridgehead atoms. The number of likely N-dealkylation sites (N-methyl/N-ethyl adjacent to an activating group) is 2. The molecule has 1 aromatic carbocycles. The zero-order chi connectivity index (χ0) is 14.5. The van der Waals surface area contributed by atoms with Crippen LogP contribution in [-0.2, 0) is 0 Å². The fourth-order valence-corrected chi connectivity index (χ4v) is 3.21. The molecule has 0 spiro atoms. The highest BCUT2D eigenvalue weighted by Gasteiger charge is 2.24. The van der Waals surface area contributed by atoms with Crippen LogP contribution < -0.4 is 5.73 Å². The molecule has 0 aliphatic carbocycles. The molecule has 0 radical (unpaired) electrons. The van der Waals surface area contributed by atoms with E-state index in [0.29, 0.717) is 11.0 Å². The van der Waals surface area contributed by atoms with Gasteiger partial charge in [-0.3, -0.25) is 0 Å². The molecule has 1 aliphatic rings. The summed E-state index contributed by atoms with van der Waals surface area (Å²) < 4.78 is 0. The van der Waals surface area contributed by atoms with Gasteiger partial charge in [-0.05, 0) is 39.0 Å². The number of benzene rings is 1. The highest BCUT2D eigenvalue weighted by atomic mass is 32.1. The van der Waals surface area contributed by atoms with Gasteiger partial charge in [0.25, 0.3) is 0 Å². The molecule has 0 saturated carbocycles. The van der Waals surface area contributed by atoms with Crippen molar-refractivity contribution in [2.75, 3.05) is 33.7 Å². The summed E-state index contributed by atoms with van der Waals surface area (Å²) >= 11 is 5.26. The monoisotopic (exact) mass is 291 g/mol. The van der Waals surface area contributed by atoms with Crippen LogP contribution in [0, 0.1) is 0 Å². The number of hydrogen-bond donors (Lipinski definition) is 1. The van der Waals surface area contributed by atoms with Crippen LogP contribution in [0.25, 0.3) is 0 Å². The van der Waals surface area contributed by atoms with E-state index in [4.69, 9.17) is 18.0 Å². The first-order chi connectivity index (χ1) is 9.58. The number of rotatable bonds is 6. The third-order valence-corrected chi connectivity index (χ3v) is 4.52. The molecule has 1 aliphatic heterocycles. The number of nitrogens with zero attached hydrogens (tertiary/aromatic N) is 2. The Morgan fingerprint density at radius 1 is 1.45 bits per heavy atom. The van der Waals surface area contributed by atoms with Crippen LogP contribution in [0.2, 0.25) is 0 Å². The first-order valence-electron chi connectivity index (χ1n) is 7.31. The van der Waals surface area contributed by atoms with Gasteiger partial charge in [-0.2, -0.15) is 0 Å². The van der Waals surface area contributed by atoms with Crippen LogP contribution in [0.15, 0.2) is 30.3 Å². The van der Waals surface area contributed by atoms with Crippen molar-refractivity contribution in [1.82, 2.24) is 9.80 Å². The lowest BCUT2D eigenvalue weighted by molar-refractivity contribution is 0.219. The molecule has 1 aromatic rings. The van der Waals surface area contributed by atoms with E-state index in [1.54, 1.807) is 0 Å². The average Bonchev–Trinajstić information content (AvgIpc) is 2.82. The molecule has 0 amide bonds. The normalized spacial score (nSPS) is 21.2. The molecule has 2 unspecified atom stereocenters. The fourth-order valence-electron chi connectivity index (χ4n) is 3.00. The van der Waals surface area contributed by atoms with Crippen molar-refractivity contribution < 1.29 is 0 Å². The Labute approximate surface area is 127 Å². The summed E-state index contributed by atoms with van der Waals surface area (Å²) in [5, 5.41) is 0. The molecule has 4 heteroatoms. The van der Waals surface area contributed by atoms with Crippen molar-refractivity contribution in [2.24, 2.45) is 5.73 Å². The van der Waals surface area contributed by atoms with E-state index in [2.05, 4.69) is 36.0 Å². The van der Waals surface area contributed by atoms with Gasteiger partial charge < -0.3 is 15.5 Å². The molecule has 1 heterocycles. The molecule has 2 rings (SSSR count). The largest absolute Gasteiger partial charge is 0.393 e. The van der Waals surface area contributed by atoms with Gasteiger partial charge in [-0.1, -0.05) is 42.5 Å². The summed E-state index contributed by atoms with van der Waals surface area (Å²) in [5.74, 6) is 0.142. The van der Waals surface area contributed by atoms with E-state index in [-0.39, 0.29) is 5.92 Å². The minimum absolute atomic E-state index is 0.142. The number of likely N-dealkylation sites (tertiary alicyclic amines) is 1. The lowest BCUT2D eigenvalue weighted by Gasteiger charge is -2.28. The second-order valence-corrected chi connectivity index (χ2v) is 6.33. The Bertz CT molecular complexity index is 435. The van der Waals surface area contributed by atoms with E-state index in [1.165, 1.54) is 24.9 Å². The third-order valence-electron chi connectivity index (χ3n) is 4.23. The Hall–Kier alpha value is -0.970. The predicted molar refractivity (Wildman–Crippen MR) is 89.1 cm³/mol. The van der Waals surface area contributed by atoms with Crippen LogP contribution in [0.1, 0.15) is 24.3 Å². The SMILES string of the molecule is CN(CC(C(N)=S)c1ccccc1)CC1CCCN1C. The van der Waals surface area contributed by atoms with Gasteiger partial charge >= 0.3 is 0 Å². The van der Waals surface area contributed by atoms with Crippen molar-refractivity contribution in [3.05, 3.63) is 35.9 Å². The van der Waals surface area contributed by atoms with Crippen LogP contribution in [0.3, 0.4) is 0 Å². The summed E-state index contributed by atoms with van der Waals surface area (Å²) in [6.07, 6.45) is 2.61. The highest BCUT2D eigenvalue weighted by Crippen LogP contribution is 2.20. The van der Waals surface area contributed by atoms with Gasteiger partial charge in [-0.25, -0.2) is 0 Å². The molecule has 20 heavy (non-hydrogen) atoms. The lowest BCUT2D eigenvalue weighted by Crippen LogP contribution is -2.40. The molecular weight excluding hydrogens is 266 g/mol. The lowest BCUT2D eigenvalue weighted by atomic mass is 9.98. The smallest absolute Gasteiger partial charge is 0.0816 e. The zero-order valence-corrected chi connectivity index (χ0v) is 13.3. The number of thiocarbonyl (C=S) groups is 1. The second kappa shape index (κ2) is 7.16. The van der Waals surface area contributed by atoms with Crippen LogP contribution in [0.4, 0.5) is 0 Å². The summed E-state index contributed by atoms with van der Waals surface area (Å²) in [5.41, 5.74) is 7.16. The topological polar surface area (TPSA) is 32.5 Å². The first-order valence-corrected chi connectivity index (χ1v) is 7.72. The Kier molecular flexibility index (Phi) is 5.52. The Morgan fingerprint density at radius 3 is 2.70 bits per heavy atom. The van der Waals surface area contributed by atoms with Crippen molar-refractivity contribution in [3.63, 3.8) is 0 Å². The van der Waals surface area contributed by atoms with Gasteiger partial charge in [0.15, 0.2) is 0 Å². The van der Waals surface area contributed by atoms with Crippen molar-refractivity contribution in [3.8, 4) is 0 Å².